The first-order valence-electron chi connectivity index (χ1n) is 7.98. The lowest BCUT2D eigenvalue weighted by Gasteiger charge is -2.08. The van der Waals surface area contributed by atoms with Gasteiger partial charge in [-0.1, -0.05) is 18.2 Å². The fraction of sp³-hybridized carbons (Fsp3) is 0.211. The second-order valence-corrected chi connectivity index (χ2v) is 5.75. The van der Waals surface area contributed by atoms with E-state index in [9.17, 15) is 9.59 Å². The number of aromatic nitrogens is 2. The molecule has 128 valence electrons. The van der Waals surface area contributed by atoms with Gasteiger partial charge in [-0.15, -0.1) is 0 Å². The summed E-state index contributed by atoms with van der Waals surface area (Å²) in [6, 6.07) is 12.7. The van der Waals surface area contributed by atoms with Crippen molar-refractivity contribution in [3.63, 3.8) is 0 Å². The van der Waals surface area contributed by atoms with Crippen LogP contribution in [0, 0.1) is 6.92 Å². The quantitative estimate of drug-likeness (QED) is 0.726. The first-order chi connectivity index (χ1) is 12.1. The molecule has 0 radical (unpaired) electrons. The number of methoxy groups -OCH3 is 1. The number of hydrogen-bond acceptors (Lipinski definition) is 4. The zero-order chi connectivity index (χ0) is 17.8. The smallest absolute Gasteiger partial charge is 0.337 e. The van der Waals surface area contributed by atoms with Gasteiger partial charge in [0.1, 0.15) is 0 Å². The Balaban J connectivity index is 1.65. The van der Waals surface area contributed by atoms with Gasteiger partial charge in [-0.05, 0) is 36.8 Å². The van der Waals surface area contributed by atoms with Crippen molar-refractivity contribution in [1.82, 2.24) is 9.78 Å². The molecule has 1 heterocycles. The number of benzene rings is 2. The highest BCUT2D eigenvalue weighted by atomic mass is 16.5. The standard InChI is InChI=1S/C19H19N3O3/c1-13-5-3-8-17-16(13)12-20-22(17)10-9-18(23)21-15-7-4-6-14(11-15)19(24)25-2/h3-8,11-12H,9-10H2,1-2H3,(H,21,23). The Kier molecular flexibility index (Phi) is 4.79. The SMILES string of the molecule is COC(=O)c1cccc(NC(=O)CCn2ncc3c(C)cccc32)c1. The summed E-state index contributed by atoms with van der Waals surface area (Å²) in [5.41, 5.74) is 3.14. The summed E-state index contributed by atoms with van der Waals surface area (Å²) < 4.78 is 6.51. The van der Waals surface area contributed by atoms with Crippen LogP contribution in [0.5, 0.6) is 0 Å². The van der Waals surface area contributed by atoms with Gasteiger partial charge in [-0.25, -0.2) is 4.79 Å². The van der Waals surface area contributed by atoms with Crippen LogP contribution < -0.4 is 5.32 Å². The molecule has 0 bridgehead atoms. The predicted octanol–water partition coefficient (Wildman–Crippen LogP) is 3.16. The Morgan fingerprint density at radius 1 is 1.20 bits per heavy atom. The molecule has 0 saturated heterocycles. The molecule has 1 N–H and O–H groups in total. The number of fused-ring (bicyclic) bond motifs is 1. The van der Waals surface area contributed by atoms with Gasteiger partial charge in [0.2, 0.25) is 5.91 Å². The van der Waals surface area contributed by atoms with Crippen LogP contribution in [0.1, 0.15) is 22.3 Å². The summed E-state index contributed by atoms with van der Waals surface area (Å²) in [6.45, 7) is 2.52. The third kappa shape index (κ3) is 3.68. The van der Waals surface area contributed by atoms with Gasteiger partial charge < -0.3 is 10.1 Å². The van der Waals surface area contributed by atoms with Crippen molar-refractivity contribution < 1.29 is 14.3 Å². The van der Waals surface area contributed by atoms with E-state index < -0.39 is 5.97 Å². The van der Waals surface area contributed by atoms with E-state index in [0.29, 0.717) is 17.8 Å². The van der Waals surface area contributed by atoms with Crippen LogP contribution in [0.15, 0.2) is 48.7 Å². The first-order valence-corrected chi connectivity index (χ1v) is 7.98. The van der Waals surface area contributed by atoms with Crippen LogP contribution in [0.2, 0.25) is 0 Å². The molecule has 6 heteroatoms. The van der Waals surface area contributed by atoms with Crippen molar-refractivity contribution in [2.75, 3.05) is 12.4 Å². The Morgan fingerprint density at radius 2 is 2.00 bits per heavy atom. The van der Waals surface area contributed by atoms with Gasteiger partial charge in [-0.2, -0.15) is 5.10 Å². The van der Waals surface area contributed by atoms with E-state index >= 15 is 0 Å². The fourth-order valence-corrected chi connectivity index (χ4v) is 2.70. The zero-order valence-corrected chi connectivity index (χ0v) is 14.2. The minimum Gasteiger partial charge on any atom is -0.465 e. The van der Waals surface area contributed by atoms with E-state index in [1.165, 1.54) is 7.11 Å². The summed E-state index contributed by atoms with van der Waals surface area (Å²) in [7, 11) is 1.32. The monoisotopic (exact) mass is 337 g/mol. The predicted molar refractivity (Wildman–Crippen MR) is 95.5 cm³/mol. The van der Waals surface area contributed by atoms with Crippen molar-refractivity contribution in [1.29, 1.82) is 0 Å². The van der Waals surface area contributed by atoms with Gasteiger partial charge in [0.05, 0.1) is 30.9 Å². The van der Waals surface area contributed by atoms with E-state index in [0.717, 1.165) is 16.5 Å². The molecule has 0 aliphatic rings. The van der Waals surface area contributed by atoms with Crippen molar-refractivity contribution in [3.05, 3.63) is 59.8 Å². The number of nitrogens with one attached hydrogen (secondary N) is 1. The van der Waals surface area contributed by atoms with Crippen molar-refractivity contribution in [2.24, 2.45) is 0 Å². The highest BCUT2D eigenvalue weighted by Crippen LogP contribution is 2.18. The molecule has 0 aliphatic carbocycles. The summed E-state index contributed by atoms with van der Waals surface area (Å²) >= 11 is 0. The molecule has 3 rings (SSSR count). The molecule has 25 heavy (non-hydrogen) atoms. The Morgan fingerprint density at radius 3 is 2.80 bits per heavy atom. The molecule has 2 aromatic carbocycles. The van der Waals surface area contributed by atoms with Crippen LogP contribution >= 0.6 is 0 Å². The van der Waals surface area contributed by atoms with Crippen molar-refractivity contribution in [2.45, 2.75) is 19.9 Å². The third-order valence-corrected chi connectivity index (χ3v) is 4.02. The number of rotatable bonds is 5. The normalized spacial score (nSPS) is 10.6. The molecule has 0 unspecified atom stereocenters. The maximum Gasteiger partial charge on any atom is 0.337 e. The highest BCUT2D eigenvalue weighted by Gasteiger charge is 2.09. The minimum atomic E-state index is -0.436. The van der Waals surface area contributed by atoms with Gasteiger partial charge in [0.15, 0.2) is 0 Å². The number of esters is 1. The molecule has 1 aromatic heterocycles. The molecular formula is C19H19N3O3. The van der Waals surface area contributed by atoms with Crippen molar-refractivity contribution >= 4 is 28.5 Å². The Bertz CT molecular complexity index is 931. The number of hydrogen-bond donors (Lipinski definition) is 1. The minimum absolute atomic E-state index is 0.140. The van der Waals surface area contributed by atoms with Crippen molar-refractivity contribution in [3.8, 4) is 0 Å². The van der Waals surface area contributed by atoms with E-state index in [2.05, 4.69) is 15.2 Å². The van der Waals surface area contributed by atoms with Gasteiger partial charge >= 0.3 is 5.97 Å². The number of anilines is 1. The molecule has 6 nitrogen and oxygen atoms in total. The number of carbonyl (C=O) groups excluding carboxylic acids is 2. The largest absolute Gasteiger partial charge is 0.465 e. The van der Waals surface area contributed by atoms with E-state index in [-0.39, 0.29) is 12.3 Å². The average molecular weight is 337 g/mol. The second-order valence-electron chi connectivity index (χ2n) is 5.75. The average Bonchev–Trinajstić information content (AvgIpc) is 3.04. The number of nitrogens with zero attached hydrogens (tertiary/aromatic N) is 2. The molecule has 1 amide bonds. The third-order valence-electron chi connectivity index (χ3n) is 4.02. The summed E-state index contributed by atoms with van der Waals surface area (Å²) in [4.78, 5) is 23.7. The van der Waals surface area contributed by atoms with E-state index in [4.69, 9.17) is 0 Å². The number of amides is 1. The summed E-state index contributed by atoms with van der Waals surface area (Å²) in [5.74, 6) is -0.576. The molecule has 0 atom stereocenters. The highest BCUT2D eigenvalue weighted by molar-refractivity contribution is 5.94. The topological polar surface area (TPSA) is 73.2 Å². The summed E-state index contributed by atoms with van der Waals surface area (Å²) in [6.07, 6.45) is 2.11. The van der Waals surface area contributed by atoms with Crippen LogP contribution in [-0.2, 0) is 16.1 Å². The van der Waals surface area contributed by atoms with Crippen LogP contribution in [0.25, 0.3) is 10.9 Å². The summed E-state index contributed by atoms with van der Waals surface area (Å²) in [5, 5.41) is 8.25. The first kappa shape index (κ1) is 16.7. The lowest BCUT2D eigenvalue weighted by Crippen LogP contribution is -2.15. The van der Waals surface area contributed by atoms with Crippen LogP contribution in [-0.4, -0.2) is 28.8 Å². The maximum absolute atomic E-state index is 12.2. The molecule has 3 aromatic rings. The van der Waals surface area contributed by atoms with Gasteiger partial charge in [-0.3, -0.25) is 9.48 Å². The molecule has 0 saturated carbocycles. The fourth-order valence-electron chi connectivity index (χ4n) is 2.70. The van der Waals surface area contributed by atoms with E-state index in [1.807, 2.05) is 36.0 Å². The van der Waals surface area contributed by atoms with Crippen LogP contribution in [0.3, 0.4) is 0 Å². The van der Waals surface area contributed by atoms with E-state index in [1.54, 1.807) is 24.3 Å². The van der Waals surface area contributed by atoms with Crippen LogP contribution in [0.4, 0.5) is 5.69 Å². The molecule has 0 spiro atoms. The van der Waals surface area contributed by atoms with Gasteiger partial charge in [0, 0.05) is 17.5 Å². The Hall–Kier alpha value is -3.15. The zero-order valence-electron chi connectivity index (χ0n) is 14.2. The molecule has 0 fully saturated rings. The molecular weight excluding hydrogens is 318 g/mol. The number of aryl methyl sites for hydroxylation is 2. The lowest BCUT2D eigenvalue weighted by molar-refractivity contribution is -0.116. The number of ether oxygens (including phenoxy) is 1. The Labute approximate surface area is 145 Å². The maximum atomic E-state index is 12.2. The molecule has 0 aliphatic heterocycles. The lowest BCUT2D eigenvalue weighted by atomic mass is 10.1. The second kappa shape index (κ2) is 7.17. The van der Waals surface area contributed by atoms with Gasteiger partial charge in [0.25, 0.3) is 0 Å². The number of carbonyl (C=O) groups is 2.